The van der Waals surface area contributed by atoms with Gasteiger partial charge in [0.05, 0.1) is 0 Å². The van der Waals surface area contributed by atoms with E-state index in [0.717, 1.165) is 18.4 Å². The summed E-state index contributed by atoms with van der Waals surface area (Å²) >= 11 is 0. The van der Waals surface area contributed by atoms with Gasteiger partial charge >= 0.3 is 0 Å². The second kappa shape index (κ2) is 6.41. The van der Waals surface area contributed by atoms with Crippen molar-refractivity contribution in [1.29, 1.82) is 0 Å². The number of hydrogen-bond acceptors (Lipinski definition) is 2. The van der Waals surface area contributed by atoms with Crippen LogP contribution in [0.5, 0.6) is 0 Å². The first-order valence-corrected chi connectivity index (χ1v) is 6.10. The quantitative estimate of drug-likeness (QED) is 0.687. The fourth-order valence-electron chi connectivity index (χ4n) is 2.34. The molecule has 0 aromatic rings. The molecule has 0 aliphatic carbocycles. The van der Waals surface area contributed by atoms with E-state index in [1.165, 1.54) is 38.8 Å². The van der Waals surface area contributed by atoms with Gasteiger partial charge in [0.25, 0.3) is 0 Å². The monoisotopic (exact) mass is 199 g/mol. The maximum atomic E-state index is 8.68. The van der Waals surface area contributed by atoms with Crippen LogP contribution in [0.1, 0.15) is 46.0 Å². The minimum absolute atomic E-state index is 0.353. The molecule has 1 saturated heterocycles. The highest BCUT2D eigenvalue weighted by Crippen LogP contribution is 2.22. The maximum Gasteiger partial charge on any atom is 0.0431 e. The van der Waals surface area contributed by atoms with Crippen molar-refractivity contribution >= 4 is 0 Å². The van der Waals surface area contributed by atoms with Crippen molar-refractivity contribution < 1.29 is 5.11 Å². The molecule has 1 aliphatic rings. The number of hydrogen-bond donors (Lipinski definition) is 1. The third-order valence-electron chi connectivity index (χ3n) is 3.61. The Kier molecular flexibility index (Phi) is 5.49. The summed E-state index contributed by atoms with van der Waals surface area (Å²) in [5, 5.41) is 8.68. The van der Waals surface area contributed by atoms with Crippen molar-refractivity contribution in [2.75, 3.05) is 19.7 Å². The van der Waals surface area contributed by atoms with Crippen LogP contribution >= 0.6 is 0 Å². The predicted molar refractivity (Wildman–Crippen MR) is 60.4 cm³/mol. The Labute approximate surface area is 88.3 Å². The van der Waals surface area contributed by atoms with Gasteiger partial charge in [0, 0.05) is 12.6 Å². The smallest absolute Gasteiger partial charge is 0.0431 e. The van der Waals surface area contributed by atoms with E-state index in [1.807, 2.05) is 0 Å². The Balaban J connectivity index is 2.15. The lowest BCUT2D eigenvalue weighted by Gasteiger charge is -2.37. The molecule has 1 rings (SSSR count). The lowest BCUT2D eigenvalue weighted by Crippen LogP contribution is -2.42. The van der Waals surface area contributed by atoms with Crippen LogP contribution in [0.3, 0.4) is 0 Å². The van der Waals surface area contributed by atoms with E-state index in [0.29, 0.717) is 6.61 Å². The first kappa shape index (κ1) is 12.0. The Hall–Kier alpha value is -0.0800. The van der Waals surface area contributed by atoms with E-state index >= 15 is 0 Å². The summed E-state index contributed by atoms with van der Waals surface area (Å²) < 4.78 is 0. The van der Waals surface area contributed by atoms with Crippen LogP contribution in [-0.4, -0.2) is 35.7 Å². The van der Waals surface area contributed by atoms with Gasteiger partial charge in [-0.25, -0.2) is 0 Å². The Bertz CT molecular complexity index is 149. The molecule has 0 aromatic carbocycles. The molecule has 0 spiro atoms. The molecule has 1 N–H and O–H groups in total. The zero-order valence-electron chi connectivity index (χ0n) is 9.71. The second-order valence-electron chi connectivity index (χ2n) is 4.68. The van der Waals surface area contributed by atoms with Gasteiger partial charge in [-0.1, -0.05) is 6.92 Å². The summed E-state index contributed by atoms with van der Waals surface area (Å²) in [7, 11) is 0. The minimum Gasteiger partial charge on any atom is -0.396 e. The molecule has 2 nitrogen and oxygen atoms in total. The van der Waals surface area contributed by atoms with Crippen LogP contribution in [0.15, 0.2) is 0 Å². The Morgan fingerprint density at radius 1 is 1.21 bits per heavy atom. The molecule has 1 aliphatic heterocycles. The van der Waals surface area contributed by atoms with E-state index in [-0.39, 0.29) is 0 Å². The van der Waals surface area contributed by atoms with Gasteiger partial charge in [0.15, 0.2) is 0 Å². The molecule has 0 radical (unpaired) electrons. The van der Waals surface area contributed by atoms with E-state index in [4.69, 9.17) is 5.11 Å². The highest BCUT2D eigenvalue weighted by Gasteiger charge is 2.23. The summed E-state index contributed by atoms with van der Waals surface area (Å²) in [5.41, 5.74) is 0. The molecule has 1 fully saturated rings. The van der Waals surface area contributed by atoms with Crippen molar-refractivity contribution in [2.24, 2.45) is 5.92 Å². The second-order valence-corrected chi connectivity index (χ2v) is 4.68. The average molecular weight is 199 g/mol. The molecule has 84 valence electrons. The lowest BCUT2D eigenvalue weighted by molar-refractivity contribution is 0.111. The molecule has 0 bridgehead atoms. The lowest BCUT2D eigenvalue weighted by atomic mass is 9.92. The van der Waals surface area contributed by atoms with Crippen LogP contribution in [0, 0.1) is 5.92 Å². The molecule has 1 heterocycles. The van der Waals surface area contributed by atoms with Crippen molar-refractivity contribution in [1.82, 2.24) is 4.90 Å². The van der Waals surface area contributed by atoms with Crippen molar-refractivity contribution in [3.05, 3.63) is 0 Å². The van der Waals surface area contributed by atoms with Gasteiger partial charge < -0.3 is 10.0 Å². The van der Waals surface area contributed by atoms with Gasteiger partial charge in [-0.05, 0) is 58.0 Å². The third kappa shape index (κ3) is 3.58. The normalized spacial score (nSPS) is 29.4. The third-order valence-corrected chi connectivity index (χ3v) is 3.61. The van der Waals surface area contributed by atoms with Crippen LogP contribution < -0.4 is 0 Å². The van der Waals surface area contributed by atoms with Crippen molar-refractivity contribution in [3.63, 3.8) is 0 Å². The fourth-order valence-corrected chi connectivity index (χ4v) is 2.34. The SMILES string of the molecule is CC1CCCN(CCCCCO)C1C. The standard InChI is InChI=1S/C12H25NO/c1-11-7-6-9-13(12(11)2)8-4-3-5-10-14/h11-12,14H,3-10H2,1-2H3. The topological polar surface area (TPSA) is 23.5 Å². The van der Waals surface area contributed by atoms with Crippen LogP contribution in [0.2, 0.25) is 0 Å². The molecule has 0 aromatic heterocycles. The number of aliphatic hydroxyl groups is 1. The summed E-state index contributed by atoms with van der Waals surface area (Å²) in [6.07, 6.45) is 6.16. The van der Waals surface area contributed by atoms with Gasteiger partial charge in [0.1, 0.15) is 0 Å². The molecule has 2 unspecified atom stereocenters. The molecular weight excluding hydrogens is 174 g/mol. The number of aliphatic hydroxyl groups excluding tert-OH is 1. The van der Waals surface area contributed by atoms with E-state index in [2.05, 4.69) is 18.7 Å². The first-order valence-electron chi connectivity index (χ1n) is 6.10. The predicted octanol–water partition coefficient (Wildman–Crippen LogP) is 2.27. The largest absolute Gasteiger partial charge is 0.396 e. The van der Waals surface area contributed by atoms with E-state index in [1.54, 1.807) is 0 Å². The van der Waals surface area contributed by atoms with Crippen LogP contribution in [-0.2, 0) is 0 Å². The maximum absolute atomic E-state index is 8.68. The molecule has 2 atom stereocenters. The van der Waals surface area contributed by atoms with Crippen LogP contribution in [0.25, 0.3) is 0 Å². The van der Waals surface area contributed by atoms with Crippen molar-refractivity contribution in [3.8, 4) is 0 Å². The number of likely N-dealkylation sites (tertiary alicyclic amines) is 1. The summed E-state index contributed by atoms with van der Waals surface area (Å²) in [6, 6.07) is 0.762. The van der Waals surface area contributed by atoms with Gasteiger partial charge in [-0.15, -0.1) is 0 Å². The van der Waals surface area contributed by atoms with Gasteiger partial charge in [-0.3, -0.25) is 0 Å². The summed E-state index contributed by atoms with van der Waals surface area (Å²) in [4.78, 5) is 2.62. The van der Waals surface area contributed by atoms with Crippen molar-refractivity contribution in [2.45, 2.75) is 52.0 Å². The number of unbranched alkanes of at least 4 members (excludes halogenated alkanes) is 2. The molecule has 14 heavy (non-hydrogen) atoms. The zero-order chi connectivity index (χ0) is 10.4. The van der Waals surface area contributed by atoms with E-state index in [9.17, 15) is 0 Å². The van der Waals surface area contributed by atoms with Gasteiger partial charge in [0.2, 0.25) is 0 Å². The molecule has 0 amide bonds. The highest BCUT2D eigenvalue weighted by atomic mass is 16.2. The fraction of sp³-hybridized carbons (Fsp3) is 1.00. The number of piperidine rings is 1. The Morgan fingerprint density at radius 2 is 2.00 bits per heavy atom. The number of nitrogens with zero attached hydrogens (tertiary/aromatic N) is 1. The average Bonchev–Trinajstić information content (AvgIpc) is 2.19. The first-order chi connectivity index (χ1) is 6.75. The summed E-state index contributed by atoms with van der Waals surface area (Å²) in [6.45, 7) is 7.59. The molecule has 2 heteroatoms. The zero-order valence-corrected chi connectivity index (χ0v) is 9.71. The summed E-state index contributed by atoms with van der Waals surface area (Å²) in [5.74, 6) is 0.863. The van der Waals surface area contributed by atoms with Crippen LogP contribution in [0.4, 0.5) is 0 Å². The molecular formula is C12H25NO. The van der Waals surface area contributed by atoms with Gasteiger partial charge in [-0.2, -0.15) is 0 Å². The minimum atomic E-state index is 0.353. The Morgan fingerprint density at radius 3 is 2.71 bits per heavy atom. The number of rotatable bonds is 5. The molecule has 0 saturated carbocycles. The van der Waals surface area contributed by atoms with E-state index < -0.39 is 0 Å². The highest BCUT2D eigenvalue weighted by molar-refractivity contribution is 4.78.